The summed E-state index contributed by atoms with van der Waals surface area (Å²) in [5.74, 6) is -0.140. The summed E-state index contributed by atoms with van der Waals surface area (Å²) in [6.45, 7) is 4.71. The fourth-order valence-corrected chi connectivity index (χ4v) is 1.94. The molecule has 17 heavy (non-hydrogen) atoms. The van der Waals surface area contributed by atoms with E-state index in [9.17, 15) is 4.79 Å². The van der Waals surface area contributed by atoms with Crippen LogP contribution in [-0.2, 0) is 6.54 Å². The van der Waals surface area contributed by atoms with Crippen molar-refractivity contribution >= 4 is 17.5 Å². The zero-order valence-corrected chi connectivity index (χ0v) is 11.0. The van der Waals surface area contributed by atoms with Crippen LogP contribution in [0.5, 0.6) is 0 Å². The Labute approximate surface area is 107 Å². The van der Waals surface area contributed by atoms with E-state index >= 15 is 0 Å². The summed E-state index contributed by atoms with van der Waals surface area (Å²) in [6, 6.07) is 1.66. The molecule has 0 aromatic carbocycles. The Morgan fingerprint density at radius 2 is 2.29 bits per heavy atom. The first-order valence-corrected chi connectivity index (χ1v) is 6.27. The van der Waals surface area contributed by atoms with Crippen LogP contribution in [0.15, 0.2) is 12.3 Å². The quantitative estimate of drug-likeness (QED) is 0.821. The van der Waals surface area contributed by atoms with E-state index in [-0.39, 0.29) is 18.6 Å². The highest BCUT2D eigenvalue weighted by molar-refractivity contribution is 6.31. The lowest BCUT2D eigenvalue weighted by atomic mass is 10.1. The Hall–Kier alpha value is -1.00. The van der Waals surface area contributed by atoms with Gasteiger partial charge in [0, 0.05) is 25.4 Å². The van der Waals surface area contributed by atoms with Crippen LogP contribution in [0.1, 0.15) is 37.2 Å². The van der Waals surface area contributed by atoms with Crippen LogP contribution in [0, 0.1) is 0 Å². The molecule has 2 N–H and O–H groups in total. The summed E-state index contributed by atoms with van der Waals surface area (Å²) in [5.41, 5.74) is 0.564. The number of aliphatic hydroxyl groups excluding tert-OH is 1. The molecule has 0 aliphatic rings. The normalized spacial score (nSPS) is 12.5. The Morgan fingerprint density at radius 1 is 1.59 bits per heavy atom. The van der Waals surface area contributed by atoms with Crippen LogP contribution >= 0.6 is 11.6 Å². The number of aryl methyl sites for hydroxylation is 1. The van der Waals surface area contributed by atoms with Crippen LogP contribution in [0.3, 0.4) is 0 Å². The maximum Gasteiger partial charge on any atom is 0.268 e. The van der Waals surface area contributed by atoms with Gasteiger partial charge in [0.25, 0.3) is 5.91 Å². The van der Waals surface area contributed by atoms with Crippen molar-refractivity contribution in [3.63, 3.8) is 0 Å². The van der Waals surface area contributed by atoms with Gasteiger partial charge in [-0.05, 0) is 25.8 Å². The van der Waals surface area contributed by atoms with E-state index in [0.29, 0.717) is 23.7 Å². The largest absolute Gasteiger partial charge is 0.396 e. The third kappa shape index (κ3) is 3.75. The first-order valence-electron chi connectivity index (χ1n) is 5.89. The van der Waals surface area contributed by atoms with Gasteiger partial charge in [-0.3, -0.25) is 4.79 Å². The number of nitrogens with zero attached hydrogens (tertiary/aromatic N) is 1. The monoisotopic (exact) mass is 258 g/mol. The van der Waals surface area contributed by atoms with Crippen molar-refractivity contribution in [3.05, 3.63) is 23.0 Å². The molecule has 1 unspecified atom stereocenters. The van der Waals surface area contributed by atoms with Gasteiger partial charge in [0.2, 0.25) is 0 Å². The zero-order chi connectivity index (χ0) is 12.8. The highest BCUT2D eigenvalue weighted by Gasteiger charge is 2.15. The summed E-state index contributed by atoms with van der Waals surface area (Å²) in [7, 11) is 0. The second-order valence-corrected chi connectivity index (χ2v) is 4.36. The molecule has 0 saturated heterocycles. The van der Waals surface area contributed by atoms with Crippen LogP contribution in [-0.4, -0.2) is 28.2 Å². The fourth-order valence-electron chi connectivity index (χ4n) is 1.72. The molecule has 0 aliphatic heterocycles. The Bertz CT molecular complexity index is 377. The molecule has 1 aromatic heterocycles. The van der Waals surface area contributed by atoms with E-state index in [1.165, 1.54) is 0 Å². The SMILES string of the molecule is CCC(CCO)NC(=O)c1cc(Cl)cn1CC. The van der Waals surface area contributed by atoms with Gasteiger partial charge >= 0.3 is 0 Å². The molecule has 5 heteroatoms. The van der Waals surface area contributed by atoms with Crippen LogP contribution < -0.4 is 5.32 Å². The molecular weight excluding hydrogens is 240 g/mol. The van der Waals surface area contributed by atoms with Gasteiger partial charge in [0.05, 0.1) is 5.02 Å². The average molecular weight is 259 g/mol. The zero-order valence-electron chi connectivity index (χ0n) is 10.2. The molecule has 1 rings (SSSR count). The minimum absolute atomic E-state index is 0.00600. The van der Waals surface area contributed by atoms with Gasteiger partial charge in [-0.25, -0.2) is 0 Å². The minimum atomic E-state index is -0.140. The molecule has 96 valence electrons. The molecule has 4 nitrogen and oxygen atoms in total. The maximum absolute atomic E-state index is 12.0. The highest BCUT2D eigenvalue weighted by atomic mass is 35.5. The second kappa shape index (κ2) is 6.67. The lowest BCUT2D eigenvalue weighted by Crippen LogP contribution is -2.36. The van der Waals surface area contributed by atoms with E-state index in [1.54, 1.807) is 12.3 Å². The summed E-state index contributed by atoms with van der Waals surface area (Å²) < 4.78 is 1.81. The number of amides is 1. The summed E-state index contributed by atoms with van der Waals surface area (Å²) in [5, 5.41) is 12.3. The first kappa shape index (κ1) is 14.1. The van der Waals surface area contributed by atoms with Gasteiger partial charge in [-0.15, -0.1) is 0 Å². The van der Waals surface area contributed by atoms with E-state index in [2.05, 4.69) is 5.32 Å². The molecule has 0 radical (unpaired) electrons. The Morgan fingerprint density at radius 3 is 2.82 bits per heavy atom. The molecule has 0 bridgehead atoms. The van der Waals surface area contributed by atoms with Crippen LogP contribution in [0.4, 0.5) is 0 Å². The van der Waals surface area contributed by atoms with Crippen LogP contribution in [0.25, 0.3) is 0 Å². The molecule has 1 aromatic rings. The number of aromatic nitrogens is 1. The van der Waals surface area contributed by atoms with Crippen molar-refractivity contribution in [3.8, 4) is 0 Å². The number of carbonyl (C=O) groups is 1. The number of carbonyl (C=O) groups excluding carboxylic acids is 1. The standard InChI is InChI=1S/C12H19ClN2O2/c1-3-10(5-6-16)14-12(17)11-7-9(13)8-15(11)4-2/h7-8,10,16H,3-6H2,1-2H3,(H,14,17). The van der Waals surface area contributed by atoms with Crippen molar-refractivity contribution < 1.29 is 9.90 Å². The molecule has 0 saturated carbocycles. The van der Waals surface area contributed by atoms with E-state index in [1.807, 2.05) is 18.4 Å². The number of nitrogens with one attached hydrogen (secondary N) is 1. The Balaban J connectivity index is 2.74. The van der Waals surface area contributed by atoms with Crippen molar-refractivity contribution in [2.45, 2.75) is 39.3 Å². The highest BCUT2D eigenvalue weighted by Crippen LogP contribution is 2.14. The van der Waals surface area contributed by atoms with E-state index < -0.39 is 0 Å². The van der Waals surface area contributed by atoms with Crippen molar-refractivity contribution in [1.82, 2.24) is 9.88 Å². The molecule has 1 atom stereocenters. The van der Waals surface area contributed by atoms with Crippen LogP contribution in [0.2, 0.25) is 5.02 Å². The topological polar surface area (TPSA) is 54.3 Å². The molecule has 0 spiro atoms. The average Bonchev–Trinajstić information content (AvgIpc) is 2.69. The fraction of sp³-hybridized carbons (Fsp3) is 0.583. The van der Waals surface area contributed by atoms with Crippen molar-refractivity contribution in [1.29, 1.82) is 0 Å². The van der Waals surface area contributed by atoms with Gasteiger partial charge in [-0.1, -0.05) is 18.5 Å². The van der Waals surface area contributed by atoms with Crippen molar-refractivity contribution in [2.75, 3.05) is 6.61 Å². The predicted molar refractivity (Wildman–Crippen MR) is 68.4 cm³/mol. The van der Waals surface area contributed by atoms with Gasteiger partial charge in [0.1, 0.15) is 5.69 Å². The molecular formula is C12H19ClN2O2. The summed E-state index contributed by atoms with van der Waals surface area (Å²) in [6.07, 6.45) is 3.11. The molecule has 1 heterocycles. The molecule has 0 aliphatic carbocycles. The number of halogens is 1. The molecule has 1 amide bonds. The summed E-state index contributed by atoms with van der Waals surface area (Å²) >= 11 is 5.88. The maximum atomic E-state index is 12.0. The van der Waals surface area contributed by atoms with E-state index in [0.717, 1.165) is 6.42 Å². The van der Waals surface area contributed by atoms with E-state index in [4.69, 9.17) is 16.7 Å². The lowest BCUT2D eigenvalue weighted by Gasteiger charge is -2.16. The number of aliphatic hydroxyl groups is 1. The second-order valence-electron chi connectivity index (χ2n) is 3.92. The summed E-state index contributed by atoms with van der Waals surface area (Å²) in [4.78, 5) is 12.0. The smallest absolute Gasteiger partial charge is 0.268 e. The van der Waals surface area contributed by atoms with Crippen molar-refractivity contribution in [2.24, 2.45) is 0 Å². The predicted octanol–water partition coefficient (Wildman–Crippen LogP) is 2.05. The third-order valence-corrected chi connectivity index (χ3v) is 2.95. The number of rotatable bonds is 6. The third-order valence-electron chi connectivity index (χ3n) is 2.74. The Kier molecular flexibility index (Phi) is 5.51. The van der Waals surface area contributed by atoms with Gasteiger partial charge in [0.15, 0.2) is 0 Å². The first-order chi connectivity index (χ1) is 8.12. The number of hydrogen-bond acceptors (Lipinski definition) is 2. The minimum Gasteiger partial charge on any atom is -0.396 e. The lowest BCUT2D eigenvalue weighted by molar-refractivity contribution is 0.0920. The van der Waals surface area contributed by atoms with Gasteiger partial charge < -0.3 is 15.0 Å². The number of hydrogen-bond donors (Lipinski definition) is 2. The molecule has 0 fully saturated rings. The van der Waals surface area contributed by atoms with Gasteiger partial charge in [-0.2, -0.15) is 0 Å².